The molecule has 0 spiro atoms. The molecule has 0 saturated carbocycles. The van der Waals surface area contributed by atoms with Gasteiger partial charge in [-0.3, -0.25) is 4.79 Å². The number of thioether (sulfide) groups is 1. The summed E-state index contributed by atoms with van der Waals surface area (Å²) in [5, 5.41) is 11.4. The lowest BCUT2D eigenvalue weighted by atomic mass is 10.2. The minimum atomic E-state index is -0.0407. The molecule has 0 saturated heterocycles. The van der Waals surface area contributed by atoms with Crippen molar-refractivity contribution in [2.45, 2.75) is 0 Å². The maximum absolute atomic E-state index is 11.5. The molecule has 1 rings (SSSR count). The summed E-state index contributed by atoms with van der Waals surface area (Å²) in [5.74, 6) is 0.921. The Kier molecular flexibility index (Phi) is 5.86. The first-order valence-corrected chi connectivity index (χ1v) is 6.55. The lowest BCUT2D eigenvalue weighted by Gasteiger charge is -2.13. The number of rotatable bonds is 6. The van der Waals surface area contributed by atoms with E-state index >= 15 is 0 Å². The van der Waals surface area contributed by atoms with Gasteiger partial charge in [-0.1, -0.05) is 0 Å². The Labute approximate surface area is 106 Å². The van der Waals surface area contributed by atoms with Crippen LogP contribution in [0.2, 0.25) is 0 Å². The molecule has 0 aromatic heterocycles. The van der Waals surface area contributed by atoms with Crippen LogP contribution < -0.4 is 10.2 Å². The molecule has 1 aromatic carbocycles. The predicted octanol–water partition coefficient (Wildman–Crippen LogP) is 1.42. The molecule has 1 aromatic rings. The molecule has 5 heteroatoms. The average molecular weight is 254 g/mol. The third kappa shape index (κ3) is 5.10. The second-order valence-electron chi connectivity index (χ2n) is 3.77. The van der Waals surface area contributed by atoms with Gasteiger partial charge in [0.2, 0.25) is 5.91 Å². The number of hydrogen-bond acceptors (Lipinski definition) is 4. The molecule has 0 radical (unpaired) electrons. The number of carbonyl (C=O) groups is 1. The van der Waals surface area contributed by atoms with Crippen LogP contribution in [0, 0.1) is 0 Å². The first-order chi connectivity index (χ1) is 8.13. The van der Waals surface area contributed by atoms with Crippen molar-refractivity contribution in [2.24, 2.45) is 0 Å². The van der Waals surface area contributed by atoms with Crippen molar-refractivity contribution in [1.82, 2.24) is 0 Å². The van der Waals surface area contributed by atoms with Crippen LogP contribution in [0.4, 0.5) is 11.4 Å². The van der Waals surface area contributed by atoms with E-state index in [0.29, 0.717) is 11.5 Å². The van der Waals surface area contributed by atoms with Crippen LogP contribution in [0.5, 0.6) is 0 Å². The van der Waals surface area contributed by atoms with Gasteiger partial charge in [0.05, 0.1) is 12.4 Å². The van der Waals surface area contributed by atoms with E-state index in [-0.39, 0.29) is 12.5 Å². The van der Waals surface area contributed by atoms with E-state index < -0.39 is 0 Å². The van der Waals surface area contributed by atoms with Crippen molar-refractivity contribution in [3.63, 3.8) is 0 Å². The van der Waals surface area contributed by atoms with E-state index in [1.807, 2.05) is 43.3 Å². The van der Waals surface area contributed by atoms with Gasteiger partial charge < -0.3 is 15.3 Å². The normalized spacial score (nSPS) is 10.1. The fourth-order valence-electron chi connectivity index (χ4n) is 1.27. The Hall–Kier alpha value is -1.20. The zero-order valence-electron chi connectivity index (χ0n) is 10.1. The van der Waals surface area contributed by atoms with Crippen LogP contribution in [0.25, 0.3) is 0 Å². The van der Waals surface area contributed by atoms with Crippen LogP contribution in [0.1, 0.15) is 0 Å². The zero-order valence-corrected chi connectivity index (χ0v) is 11.0. The van der Waals surface area contributed by atoms with Crippen molar-refractivity contribution in [3.8, 4) is 0 Å². The van der Waals surface area contributed by atoms with E-state index in [1.165, 1.54) is 11.8 Å². The number of nitrogens with one attached hydrogen (secondary N) is 1. The van der Waals surface area contributed by atoms with Gasteiger partial charge in [0.15, 0.2) is 0 Å². The highest BCUT2D eigenvalue weighted by molar-refractivity contribution is 7.99. The number of aliphatic hydroxyl groups is 1. The Morgan fingerprint density at radius 1 is 1.35 bits per heavy atom. The van der Waals surface area contributed by atoms with Crippen molar-refractivity contribution in [3.05, 3.63) is 24.3 Å². The van der Waals surface area contributed by atoms with Crippen LogP contribution in [0.3, 0.4) is 0 Å². The molecule has 0 atom stereocenters. The molecule has 94 valence electrons. The first kappa shape index (κ1) is 13.9. The van der Waals surface area contributed by atoms with Crippen molar-refractivity contribution >= 4 is 29.0 Å². The van der Waals surface area contributed by atoms with Gasteiger partial charge in [0.1, 0.15) is 0 Å². The number of nitrogens with zero attached hydrogens (tertiary/aromatic N) is 1. The van der Waals surface area contributed by atoms with Crippen LogP contribution in [-0.4, -0.2) is 43.2 Å². The summed E-state index contributed by atoms with van der Waals surface area (Å²) < 4.78 is 0. The van der Waals surface area contributed by atoms with Gasteiger partial charge in [-0.15, -0.1) is 11.8 Å². The van der Waals surface area contributed by atoms with E-state index in [4.69, 9.17) is 5.11 Å². The SMILES string of the molecule is CN(C)c1ccc(NC(=O)CSCCO)cc1. The molecule has 4 nitrogen and oxygen atoms in total. The molecule has 0 fully saturated rings. The number of carbonyl (C=O) groups excluding carboxylic acids is 1. The summed E-state index contributed by atoms with van der Waals surface area (Å²) in [7, 11) is 3.94. The third-order valence-corrected chi connectivity index (χ3v) is 3.07. The standard InChI is InChI=1S/C12H18N2O2S/c1-14(2)11-5-3-10(4-6-11)13-12(16)9-17-8-7-15/h3-6,15H,7-9H2,1-2H3,(H,13,16). The molecule has 1 amide bonds. The van der Waals surface area contributed by atoms with Gasteiger partial charge in [-0.25, -0.2) is 0 Å². The van der Waals surface area contributed by atoms with E-state index in [2.05, 4.69) is 5.32 Å². The number of anilines is 2. The Balaban J connectivity index is 2.43. The monoisotopic (exact) mass is 254 g/mol. The summed E-state index contributed by atoms with van der Waals surface area (Å²) in [6.07, 6.45) is 0. The summed E-state index contributed by atoms with van der Waals surface area (Å²) in [5.41, 5.74) is 1.89. The quantitative estimate of drug-likeness (QED) is 0.754. The fraction of sp³-hybridized carbons (Fsp3) is 0.417. The molecule has 0 aliphatic rings. The molecule has 17 heavy (non-hydrogen) atoms. The summed E-state index contributed by atoms with van der Waals surface area (Å²) in [4.78, 5) is 13.5. The number of benzene rings is 1. The maximum atomic E-state index is 11.5. The lowest BCUT2D eigenvalue weighted by molar-refractivity contribution is -0.113. The molecule has 0 aliphatic heterocycles. The highest BCUT2D eigenvalue weighted by Crippen LogP contribution is 2.15. The van der Waals surface area contributed by atoms with E-state index in [0.717, 1.165) is 11.4 Å². The van der Waals surface area contributed by atoms with Crippen LogP contribution in [0.15, 0.2) is 24.3 Å². The van der Waals surface area contributed by atoms with Crippen molar-refractivity contribution < 1.29 is 9.90 Å². The Bertz CT molecular complexity index is 352. The molecular formula is C12H18N2O2S. The molecule has 0 bridgehead atoms. The number of aliphatic hydroxyl groups excluding tert-OH is 1. The van der Waals surface area contributed by atoms with E-state index in [1.54, 1.807) is 0 Å². The molecule has 2 N–H and O–H groups in total. The fourth-order valence-corrected chi connectivity index (χ4v) is 1.80. The lowest BCUT2D eigenvalue weighted by Crippen LogP contribution is -2.15. The van der Waals surface area contributed by atoms with Crippen LogP contribution in [-0.2, 0) is 4.79 Å². The Morgan fingerprint density at radius 2 is 2.00 bits per heavy atom. The summed E-state index contributed by atoms with van der Waals surface area (Å²) >= 11 is 1.42. The van der Waals surface area contributed by atoms with Gasteiger partial charge in [0, 0.05) is 31.2 Å². The maximum Gasteiger partial charge on any atom is 0.234 e. The van der Waals surface area contributed by atoms with Gasteiger partial charge >= 0.3 is 0 Å². The van der Waals surface area contributed by atoms with Gasteiger partial charge in [-0.2, -0.15) is 0 Å². The van der Waals surface area contributed by atoms with Gasteiger partial charge in [-0.05, 0) is 24.3 Å². The highest BCUT2D eigenvalue weighted by atomic mass is 32.2. The third-order valence-electron chi connectivity index (χ3n) is 2.14. The zero-order chi connectivity index (χ0) is 12.7. The second kappa shape index (κ2) is 7.19. The smallest absolute Gasteiger partial charge is 0.234 e. The number of amides is 1. The minimum Gasteiger partial charge on any atom is -0.396 e. The topological polar surface area (TPSA) is 52.6 Å². The second-order valence-corrected chi connectivity index (χ2v) is 4.87. The number of hydrogen-bond donors (Lipinski definition) is 2. The molecule has 0 heterocycles. The van der Waals surface area contributed by atoms with Gasteiger partial charge in [0.25, 0.3) is 0 Å². The summed E-state index contributed by atoms with van der Waals surface area (Å²) in [6.45, 7) is 0.107. The van der Waals surface area contributed by atoms with Crippen molar-refractivity contribution in [1.29, 1.82) is 0 Å². The molecule has 0 unspecified atom stereocenters. The van der Waals surface area contributed by atoms with Crippen molar-refractivity contribution in [2.75, 3.05) is 42.4 Å². The van der Waals surface area contributed by atoms with E-state index in [9.17, 15) is 4.79 Å². The minimum absolute atomic E-state index is 0.0407. The average Bonchev–Trinajstić information content (AvgIpc) is 2.30. The first-order valence-electron chi connectivity index (χ1n) is 5.39. The predicted molar refractivity (Wildman–Crippen MR) is 73.8 cm³/mol. The largest absolute Gasteiger partial charge is 0.396 e. The molecule has 0 aliphatic carbocycles. The van der Waals surface area contributed by atoms with Crippen LogP contribution >= 0.6 is 11.8 Å². The Morgan fingerprint density at radius 3 is 2.53 bits per heavy atom. The highest BCUT2D eigenvalue weighted by Gasteiger charge is 2.02. The summed E-state index contributed by atoms with van der Waals surface area (Å²) in [6, 6.07) is 7.67. The molecular weight excluding hydrogens is 236 g/mol.